The Bertz CT molecular complexity index is 919. The van der Waals surface area contributed by atoms with Gasteiger partial charge >= 0.3 is 6.18 Å². The predicted molar refractivity (Wildman–Crippen MR) is 99.5 cm³/mol. The first-order valence-electron chi connectivity index (χ1n) is 8.18. The van der Waals surface area contributed by atoms with Crippen molar-refractivity contribution in [3.05, 3.63) is 72.2 Å². The Morgan fingerprint density at radius 2 is 1.81 bits per heavy atom. The minimum atomic E-state index is -4.46. The van der Waals surface area contributed by atoms with E-state index in [1.54, 1.807) is 24.1 Å². The summed E-state index contributed by atoms with van der Waals surface area (Å²) in [4.78, 5) is 5.51. The van der Waals surface area contributed by atoms with Crippen molar-refractivity contribution in [2.75, 3.05) is 12.3 Å². The Balaban J connectivity index is 1.50. The standard InChI is InChI=1S/C19H14F3N3OS/c20-19(21,22)17-8-7-15(12-23-17)26-14-5-3-13(4-6-14)16-2-1-9-25-10-11-27-24-18(16)25/h1-9,12H,10-11H2. The Morgan fingerprint density at radius 1 is 1.04 bits per heavy atom. The molecule has 2 aliphatic heterocycles. The fourth-order valence-electron chi connectivity index (χ4n) is 2.74. The summed E-state index contributed by atoms with van der Waals surface area (Å²) in [5.41, 5.74) is 1.06. The number of halogens is 3. The summed E-state index contributed by atoms with van der Waals surface area (Å²) >= 11 is 1.55. The first-order chi connectivity index (χ1) is 13.0. The Labute approximate surface area is 158 Å². The van der Waals surface area contributed by atoms with Gasteiger partial charge in [-0.2, -0.15) is 17.6 Å². The van der Waals surface area contributed by atoms with E-state index in [9.17, 15) is 13.2 Å². The van der Waals surface area contributed by atoms with E-state index in [1.165, 1.54) is 6.07 Å². The monoisotopic (exact) mass is 389 g/mol. The molecule has 2 aromatic rings. The first-order valence-corrected chi connectivity index (χ1v) is 9.12. The van der Waals surface area contributed by atoms with Gasteiger partial charge in [0.25, 0.3) is 0 Å². The second kappa shape index (κ2) is 7.11. The second-order valence-electron chi connectivity index (χ2n) is 5.87. The van der Waals surface area contributed by atoms with Crippen LogP contribution in [-0.2, 0) is 6.18 Å². The molecule has 8 heteroatoms. The van der Waals surface area contributed by atoms with E-state index < -0.39 is 11.9 Å². The van der Waals surface area contributed by atoms with Crippen molar-refractivity contribution >= 4 is 23.4 Å². The fourth-order valence-corrected chi connectivity index (χ4v) is 3.44. The van der Waals surface area contributed by atoms with Crippen LogP contribution in [0, 0.1) is 0 Å². The molecule has 4 nitrogen and oxygen atoms in total. The summed E-state index contributed by atoms with van der Waals surface area (Å²) in [6.07, 6.45) is 2.62. The van der Waals surface area contributed by atoms with Gasteiger partial charge in [-0.05, 0) is 53.9 Å². The highest BCUT2D eigenvalue weighted by Gasteiger charge is 2.32. The molecule has 0 saturated carbocycles. The van der Waals surface area contributed by atoms with Crippen LogP contribution in [0.15, 0.2) is 65.3 Å². The number of hydrogen-bond donors (Lipinski definition) is 0. The normalized spacial score (nSPS) is 16.5. The SMILES string of the molecule is FC(F)(F)c1ccc(Oc2ccc(C3=CC=CN4CCSN=C34)cc2)cn1. The summed E-state index contributed by atoms with van der Waals surface area (Å²) in [6, 6.07) is 9.50. The summed E-state index contributed by atoms with van der Waals surface area (Å²) in [6.45, 7) is 0.916. The van der Waals surface area contributed by atoms with Crippen LogP contribution in [0.3, 0.4) is 0 Å². The fraction of sp³-hybridized carbons (Fsp3) is 0.158. The van der Waals surface area contributed by atoms with Crippen LogP contribution in [0.25, 0.3) is 5.57 Å². The minimum absolute atomic E-state index is 0.245. The minimum Gasteiger partial charge on any atom is -0.456 e. The lowest BCUT2D eigenvalue weighted by molar-refractivity contribution is -0.141. The van der Waals surface area contributed by atoms with Crippen molar-refractivity contribution in [2.45, 2.75) is 6.18 Å². The number of fused-ring (bicyclic) bond motifs is 1. The molecule has 0 fully saturated rings. The predicted octanol–water partition coefficient (Wildman–Crippen LogP) is 5.17. The molecule has 0 unspecified atom stereocenters. The van der Waals surface area contributed by atoms with Gasteiger partial charge < -0.3 is 9.64 Å². The van der Waals surface area contributed by atoms with Crippen molar-refractivity contribution in [3.63, 3.8) is 0 Å². The number of benzene rings is 1. The van der Waals surface area contributed by atoms with E-state index in [0.29, 0.717) is 5.75 Å². The maximum absolute atomic E-state index is 12.6. The zero-order valence-corrected chi connectivity index (χ0v) is 14.8. The van der Waals surface area contributed by atoms with Crippen molar-refractivity contribution < 1.29 is 17.9 Å². The Hall–Kier alpha value is -2.74. The molecule has 0 atom stereocenters. The molecule has 0 amide bonds. The van der Waals surface area contributed by atoms with Gasteiger partial charge in [0, 0.05) is 24.1 Å². The zero-order valence-electron chi connectivity index (χ0n) is 14.0. The number of allylic oxidation sites excluding steroid dienone is 2. The highest BCUT2D eigenvalue weighted by atomic mass is 32.2. The zero-order chi connectivity index (χ0) is 18.9. The molecule has 138 valence electrons. The van der Waals surface area contributed by atoms with Crippen molar-refractivity contribution in [1.82, 2.24) is 9.88 Å². The molecule has 27 heavy (non-hydrogen) atoms. The largest absolute Gasteiger partial charge is 0.456 e. The van der Waals surface area contributed by atoms with E-state index in [0.717, 1.165) is 41.5 Å². The average molecular weight is 389 g/mol. The maximum atomic E-state index is 12.6. The van der Waals surface area contributed by atoms with Gasteiger partial charge in [0.05, 0.1) is 6.20 Å². The molecule has 3 heterocycles. The third kappa shape index (κ3) is 3.85. The van der Waals surface area contributed by atoms with Crippen molar-refractivity contribution in [2.24, 2.45) is 4.40 Å². The van der Waals surface area contributed by atoms with E-state index in [4.69, 9.17) is 4.74 Å². The number of rotatable bonds is 3. The summed E-state index contributed by atoms with van der Waals surface area (Å²) in [5, 5.41) is 0. The highest BCUT2D eigenvalue weighted by Crippen LogP contribution is 2.31. The van der Waals surface area contributed by atoms with E-state index in [-0.39, 0.29) is 5.75 Å². The van der Waals surface area contributed by atoms with Gasteiger partial charge in [-0.1, -0.05) is 12.1 Å². The summed E-state index contributed by atoms with van der Waals surface area (Å²) in [7, 11) is 0. The van der Waals surface area contributed by atoms with Gasteiger partial charge in [0.2, 0.25) is 0 Å². The number of aromatic nitrogens is 1. The summed E-state index contributed by atoms with van der Waals surface area (Å²) in [5.74, 6) is 2.64. The summed E-state index contributed by atoms with van der Waals surface area (Å²) < 4.78 is 47.8. The molecular formula is C19H14F3N3OS. The maximum Gasteiger partial charge on any atom is 0.433 e. The number of nitrogens with zero attached hydrogens (tertiary/aromatic N) is 3. The Kier molecular flexibility index (Phi) is 4.65. The molecule has 0 bridgehead atoms. The number of pyridine rings is 1. The van der Waals surface area contributed by atoms with Gasteiger partial charge in [-0.3, -0.25) is 0 Å². The van der Waals surface area contributed by atoms with E-state index in [2.05, 4.69) is 14.3 Å². The van der Waals surface area contributed by atoms with Crippen LogP contribution in [0.2, 0.25) is 0 Å². The van der Waals surface area contributed by atoms with Crippen LogP contribution in [-0.4, -0.2) is 28.0 Å². The number of hydrogen-bond acceptors (Lipinski definition) is 5. The lowest BCUT2D eigenvalue weighted by Gasteiger charge is -2.29. The molecule has 0 saturated heterocycles. The molecule has 1 aromatic carbocycles. The van der Waals surface area contributed by atoms with Crippen LogP contribution in [0.4, 0.5) is 13.2 Å². The Morgan fingerprint density at radius 3 is 2.52 bits per heavy atom. The van der Waals surface area contributed by atoms with Crippen molar-refractivity contribution in [1.29, 1.82) is 0 Å². The number of amidine groups is 1. The average Bonchev–Trinajstić information content (AvgIpc) is 2.68. The van der Waals surface area contributed by atoms with Crippen molar-refractivity contribution in [3.8, 4) is 11.5 Å². The number of ether oxygens (including phenoxy) is 1. The molecule has 1 aromatic heterocycles. The van der Waals surface area contributed by atoms with Gasteiger partial charge in [0.1, 0.15) is 23.0 Å². The molecule has 4 rings (SSSR count). The van der Waals surface area contributed by atoms with Crippen LogP contribution >= 0.6 is 11.9 Å². The quantitative estimate of drug-likeness (QED) is 0.679. The topological polar surface area (TPSA) is 37.7 Å². The lowest BCUT2D eigenvalue weighted by Crippen LogP contribution is -2.32. The van der Waals surface area contributed by atoms with Crippen LogP contribution < -0.4 is 4.74 Å². The lowest BCUT2D eigenvalue weighted by atomic mass is 10.0. The highest BCUT2D eigenvalue weighted by molar-refractivity contribution is 7.98. The molecular weight excluding hydrogens is 375 g/mol. The van der Waals surface area contributed by atoms with Crippen LogP contribution in [0.1, 0.15) is 11.3 Å². The van der Waals surface area contributed by atoms with E-state index >= 15 is 0 Å². The van der Waals surface area contributed by atoms with E-state index in [1.807, 2.05) is 30.5 Å². The van der Waals surface area contributed by atoms with Crippen LogP contribution in [0.5, 0.6) is 11.5 Å². The molecule has 2 aliphatic rings. The first kappa shape index (κ1) is 17.7. The number of alkyl halides is 3. The third-order valence-corrected chi connectivity index (χ3v) is 4.71. The third-order valence-electron chi connectivity index (χ3n) is 4.04. The van der Waals surface area contributed by atoms with Gasteiger partial charge in [0.15, 0.2) is 0 Å². The molecule has 0 aliphatic carbocycles. The molecule has 0 radical (unpaired) electrons. The molecule has 0 spiro atoms. The van der Waals surface area contributed by atoms with Gasteiger partial charge in [-0.25, -0.2) is 4.98 Å². The second-order valence-corrected chi connectivity index (χ2v) is 6.72. The van der Waals surface area contributed by atoms with Gasteiger partial charge in [-0.15, -0.1) is 0 Å². The molecule has 0 N–H and O–H groups in total. The smallest absolute Gasteiger partial charge is 0.433 e.